The lowest BCUT2D eigenvalue weighted by atomic mass is 10.0. The van der Waals surface area contributed by atoms with E-state index in [4.69, 9.17) is 4.74 Å². The molecule has 3 nitrogen and oxygen atoms in total. The maximum atomic E-state index is 11.8. The summed E-state index contributed by atoms with van der Waals surface area (Å²) in [6.07, 6.45) is 1.18. The zero-order valence-corrected chi connectivity index (χ0v) is 10.4. The second-order valence-corrected chi connectivity index (χ2v) is 4.01. The molecule has 1 rings (SSSR count). The molecule has 0 saturated carbocycles. The summed E-state index contributed by atoms with van der Waals surface area (Å²) in [5, 5.41) is 0. The molecule has 0 N–H and O–H groups in total. The Morgan fingerprint density at radius 1 is 1.24 bits per heavy atom. The molecule has 92 valence electrons. The highest BCUT2D eigenvalue weighted by molar-refractivity contribution is 5.97. The van der Waals surface area contributed by atoms with Gasteiger partial charge >= 0.3 is 5.97 Å². The number of ether oxygens (including phenoxy) is 1. The van der Waals surface area contributed by atoms with Gasteiger partial charge in [-0.1, -0.05) is 30.7 Å². The van der Waals surface area contributed by atoms with Crippen LogP contribution in [0.1, 0.15) is 42.1 Å². The van der Waals surface area contributed by atoms with Gasteiger partial charge in [-0.2, -0.15) is 0 Å². The van der Waals surface area contributed by atoms with Crippen molar-refractivity contribution in [3.8, 4) is 0 Å². The highest BCUT2D eigenvalue weighted by Gasteiger charge is 2.09. The molecule has 0 aliphatic rings. The largest absolute Gasteiger partial charge is 0.466 e. The number of esters is 1. The fraction of sp³-hybridized carbons (Fsp3) is 0.429. The summed E-state index contributed by atoms with van der Waals surface area (Å²) in [7, 11) is 0. The van der Waals surface area contributed by atoms with Crippen molar-refractivity contribution in [2.45, 2.75) is 33.1 Å². The van der Waals surface area contributed by atoms with Crippen LogP contribution in [0.4, 0.5) is 0 Å². The standard InChI is InChI=1S/C14H18O3/c1-3-9-17-14(16)8-7-13(15)12-6-4-5-11(2)10-12/h4-6,10H,3,7-9H2,1-2H3. The van der Waals surface area contributed by atoms with Crippen molar-refractivity contribution in [1.29, 1.82) is 0 Å². The van der Waals surface area contributed by atoms with E-state index in [1.54, 1.807) is 6.07 Å². The van der Waals surface area contributed by atoms with Gasteiger partial charge in [0.2, 0.25) is 0 Å². The van der Waals surface area contributed by atoms with Crippen LogP contribution in [0.3, 0.4) is 0 Å². The maximum absolute atomic E-state index is 11.8. The molecule has 0 amide bonds. The van der Waals surface area contributed by atoms with Crippen LogP contribution in [-0.4, -0.2) is 18.4 Å². The normalized spacial score (nSPS) is 10.0. The highest BCUT2D eigenvalue weighted by atomic mass is 16.5. The summed E-state index contributed by atoms with van der Waals surface area (Å²) in [5.74, 6) is -0.310. The number of rotatable bonds is 6. The summed E-state index contributed by atoms with van der Waals surface area (Å²) in [4.78, 5) is 23.0. The SMILES string of the molecule is CCCOC(=O)CCC(=O)c1cccc(C)c1. The fourth-order valence-corrected chi connectivity index (χ4v) is 1.47. The van der Waals surface area contributed by atoms with E-state index < -0.39 is 0 Å². The van der Waals surface area contributed by atoms with Crippen LogP contribution in [0.5, 0.6) is 0 Å². The van der Waals surface area contributed by atoms with Crippen LogP contribution < -0.4 is 0 Å². The van der Waals surface area contributed by atoms with Crippen LogP contribution in [0.2, 0.25) is 0 Å². The van der Waals surface area contributed by atoms with Crippen LogP contribution in [0.25, 0.3) is 0 Å². The van der Waals surface area contributed by atoms with E-state index in [2.05, 4.69) is 0 Å². The highest BCUT2D eigenvalue weighted by Crippen LogP contribution is 2.08. The van der Waals surface area contributed by atoms with E-state index in [9.17, 15) is 9.59 Å². The Hall–Kier alpha value is -1.64. The number of aryl methyl sites for hydroxylation is 1. The number of benzene rings is 1. The van der Waals surface area contributed by atoms with Crippen molar-refractivity contribution in [2.24, 2.45) is 0 Å². The monoisotopic (exact) mass is 234 g/mol. The molecule has 0 bridgehead atoms. The third-order valence-corrected chi connectivity index (χ3v) is 2.36. The minimum Gasteiger partial charge on any atom is -0.466 e. The summed E-state index contributed by atoms with van der Waals surface area (Å²) in [5.41, 5.74) is 1.71. The van der Waals surface area contributed by atoms with E-state index in [0.29, 0.717) is 12.2 Å². The zero-order chi connectivity index (χ0) is 12.7. The number of hydrogen-bond donors (Lipinski definition) is 0. The molecule has 1 aromatic rings. The number of ketones is 1. The van der Waals surface area contributed by atoms with E-state index >= 15 is 0 Å². The molecule has 0 atom stereocenters. The lowest BCUT2D eigenvalue weighted by molar-refractivity contribution is -0.143. The average Bonchev–Trinajstić information content (AvgIpc) is 2.33. The summed E-state index contributed by atoms with van der Waals surface area (Å²) >= 11 is 0. The van der Waals surface area contributed by atoms with Crippen molar-refractivity contribution in [3.63, 3.8) is 0 Å². The number of carbonyl (C=O) groups is 2. The third-order valence-electron chi connectivity index (χ3n) is 2.36. The first-order chi connectivity index (χ1) is 8.13. The molecule has 0 fully saturated rings. The number of Topliss-reactive ketones (excluding diaryl/α,β-unsaturated/α-hetero) is 1. The third kappa shape index (κ3) is 4.81. The van der Waals surface area contributed by atoms with E-state index in [0.717, 1.165) is 12.0 Å². The van der Waals surface area contributed by atoms with E-state index in [1.807, 2.05) is 32.0 Å². The van der Waals surface area contributed by atoms with Crippen LogP contribution in [-0.2, 0) is 9.53 Å². The van der Waals surface area contributed by atoms with Gasteiger partial charge < -0.3 is 4.74 Å². The van der Waals surface area contributed by atoms with Crippen molar-refractivity contribution in [2.75, 3.05) is 6.61 Å². The zero-order valence-electron chi connectivity index (χ0n) is 10.4. The van der Waals surface area contributed by atoms with Crippen molar-refractivity contribution < 1.29 is 14.3 Å². The Balaban J connectivity index is 2.42. The van der Waals surface area contributed by atoms with Gasteiger partial charge in [0, 0.05) is 12.0 Å². The van der Waals surface area contributed by atoms with Gasteiger partial charge in [-0.05, 0) is 19.4 Å². The summed E-state index contributed by atoms with van der Waals surface area (Å²) in [6.45, 7) is 4.30. The van der Waals surface area contributed by atoms with Crippen LogP contribution >= 0.6 is 0 Å². The van der Waals surface area contributed by atoms with E-state index in [1.165, 1.54) is 0 Å². The predicted octanol–water partition coefficient (Wildman–Crippen LogP) is 2.91. The Labute approximate surface area is 102 Å². The lowest BCUT2D eigenvalue weighted by Crippen LogP contribution is -2.08. The summed E-state index contributed by atoms with van der Waals surface area (Å²) in [6, 6.07) is 7.39. The second kappa shape index (κ2) is 6.84. The molecule has 0 heterocycles. The molecule has 0 aliphatic carbocycles. The molecule has 0 aromatic heterocycles. The Kier molecular flexibility index (Phi) is 5.40. The Bertz CT molecular complexity index is 396. The van der Waals surface area contributed by atoms with Crippen molar-refractivity contribution in [3.05, 3.63) is 35.4 Å². The minimum absolute atomic E-state index is 0.0119. The van der Waals surface area contributed by atoms with Crippen LogP contribution in [0.15, 0.2) is 24.3 Å². The van der Waals surface area contributed by atoms with Gasteiger partial charge in [0.1, 0.15) is 0 Å². The van der Waals surface area contributed by atoms with Crippen molar-refractivity contribution >= 4 is 11.8 Å². The summed E-state index contributed by atoms with van der Waals surface area (Å²) < 4.78 is 4.91. The van der Waals surface area contributed by atoms with Crippen molar-refractivity contribution in [1.82, 2.24) is 0 Å². The molecular weight excluding hydrogens is 216 g/mol. The maximum Gasteiger partial charge on any atom is 0.306 e. The lowest BCUT2D eigenvalue weighted by Gasteiger charge is -2.03. The van der Waals surface area contributed by atoms with Gasteiger partial charge in [0.15, 0.2) is 5.78 Å². The molecule has 0 unspecified atom stereocenters. The molecule has 1 aromatic carbocycles. The topological polar surface area (TPSA) is 43.4 Å². The van der Waals surface area contributed by atoms with Crippen LogP contribution in [0, 0.1) is 6.92 Å². The second-order valence-electron chi connectivity index (χ2n) is 4.01. The molecule has 17 heavy (non-hydrogen) atoms. The first-order valence-electron chi connectivity index (χ1n) is 5.89. The smallest absolute Gasteiger partial charge is 0.306 e. The van der Waals surface area contributed by atoms with E-state index in [-0.39, 0.29) is 24.6 Å². The quantitative estimate of drug-likeness (QED) is 0.561. The van der Waals surface area contributed by atoms with Gasteiger partial charge in [-0.15, -0.1) is 0 Å². The predicted molar refractivity (Wildman–Crippen MR) is 66.0 cm³/mol. The molecule has 0 radical (unpaired) electrons. The van der Waals surface area contributed by atoms with Gasteiger partial charge in [-0.3, -0.25) is 9.59 Å². The fourth-order valence-electron chi connectivity index (χ4n) is 1.47. The first-order valence-corrected chi connectivity index (χ1v) is 5.89. The molecule has 0 spiro atoms. The average molecular weight is 234 g/mol. The minimum atomic E-state index is -0.298. The molecular formula is C14H18O3. The van der Waals surface area contributed by atoms with Gasteiger partial charge in [0.05, 0.1) is 13.0 Å². The van der Waals surface area contributed by atoms with Gasteiger partial charge in [-0.25, -0.2) is 0 Å². The Morgan fingerprint density at radius 2 is 2.00 bits per heavy atom. The Morgan fingerprint density at radius 3 is 2.65 bits per heavy atom. The first kappa shape index (κ1) is 13.4. The molecule has 0 aliphatic heterocycles. The van der Waals surface area contributed by atoms with Gasteiger partial charge in [0.25, 0.3) is 0 Å². The molecule has 3 heteroatoms. The number of carbonyl (C=O) groups excluding carboxylic acids is 2. The number of hydrogen-bond acceptors (Lipinski definition) is 3. The molecule has 0 saturated heterocycles.